The standard InChI is InChI=1S/C20H16FNO4S/c1-15-2-12-20(13-3-15)27(24,25)26-19-10-4-16(5-11-19)14-22(23)18-8-6-17(21)7-9-18/h2-14H,1H3/b22-14+. The predicted molar refractivity (Wildman–Crippen MR) is 100 cm³/mol. The Balaban J connectivity index is 1.76. The van der Waals surface area contributed by atoms with Crippen molar-refractivity contribution in [3.63, 3.8) is 0 Å². The molecule has 0 N–H and O–H groups in total. The molecule has 27 heavy (non-hydrogen) atoms. The molecule has 0 bridgehead atoms. The van der Waals surface area contributed by atoms with Crippen LogP contribution < -0.4 is 4.18 Å². The molecule has 0 saturated heterocycles. The number of rotatable bonds is 5. The fourth-order valence-corrected chi connectivity index (χ4v) is 3.22. The Labute approximate surface area is 156 Å². The lowest BCUT2D eigenvalue weighted by atomic mass is 10.2. The molecule has 0 fully saturated rings. The molecular weight excluding hydrogens is 369 g/mol. The van der Waals surface area contributed by atoms with Crippen molar-refractivity contribution < 1.29 is 21.7 Å². The maximum absolute atomic E-state index is 12.9. The van der Waals surface area contributed by atoms with Gasteiger partial charge in [0.05, 0.1) is 0 Å². The highest BCUT2D eigenvalue weighted by molar-refractivity contribution is 7.87. The van der Waals surface area contributed by atoms with Crippen LogP contribution in [0.5, 0.6) is 5.75 Å². The summed E-state index contributed by atoms with van der Waals surface area (Å²) in [5.74, 6) is -0.296. The third kappa shape index (κ3) is 4.71. The first-order chi connectivity index (χ1) is 12.8. The summed E-state index contributed by atoms with van der Waals surface area (Å²) in [5, 5.41) is 12.1. The van der Waals surface area contributed by atoms with Gasteiger partial charge in [0, 0.05) is 17.7 Å². The molecule has 0 aromatic heterocycles. The zero-order chi connectivity index (χ0) is 19.4. The van der Waals surface area contributed by atoms with Gasteiger partial charge in [-0.05, 0) is 55.5 Å². The lowest BCUT2D eigenvalue weighted by Crippen LogP contribution is -2.09. The summed E-state index contributed by atoms with van der Waals surface area (Å²) >= 11 is 0. The number of hydrogen-bond acceptors (Lipinski definition) is 4. The van der Waals surface area contributed by atoms with Crippen molar-refractivity contribution in [2.75, 3.05) is 0 Å². The van der Waals surface area contributed by atoms with E-state index in [4.69, 9.17) is 4.18 Å². The third-order valence-electron chi connectivity index (χ3n) is 3.74. The van der Waals surface area contributed by atoms with E-state index >= 15 is 0 Å². The Morgan fingerprint density at radius 2 is 1.52 bits per heavy atom. The summed E-state index contributed by atoms with van der Waals surface area (Å²) < 4.78 is 43.1. The molecular formula is C20H16FNO4S. The summed E-state index contributed by atoms with van der Waals surface area (Å²) in [4.78, 5) is 0.0609. The summed E-state index contributed by atoms with van der Waals surface area (Å²) in [6, 6.07) is 17.5. The molecule has 0 saturated carbocycles. The second-order valence-electron chi connectivity index (χ2n) is 5.85. The van der Waals surface area contributed by atoms with Gasteiger partial charge in [0.2, 0.25) is 5.69 Å². The van der Waals surface area contributed by atoms with Crippen LogP contribution in [0.2, 0.25) is 0 Å². The minimum absolute atomic E-state index is 0.0609. The van der Waals surface area contributed by atoms with Gasteiger partial charge in [-0.2, -0.15) is 13.2 Å². The van der Waals surface area contributed by atoms with E-state index in [1.165, 1.54) is 54.7 Å². The fourth-order valence-electron chi connectivity index (χ4n) is 2.29. The molecule has 0 aliphatic carbocycles. The van der Waals surface area contributed by atoms with Crippen molar-refractivity contribution in [2.24, 2.45) is 0 Å². The third-order valence-corrected chi connectivity index (χ3v) is 5.00. The average Bonchev–Trinajstić information content (AvgIpc) is 2.64. The average molecular weight is 385 g/mol. The van der Waals surface area contributed by atoms with Gasteiger partial charge < -0.3 is 9.39 Å². The highest BCUT2D eigenvalue weighted by atomic mass is 32.2. The van der Waals surface area contributed by atoms with E-state index in [1.54, 1.807) is 24.3 Å². The van der Waals surface area contributed by atoms with Crippen LogP contribution in [0.3, 0.4) is 0 Å². The highest BCUT2D eigenvalue weighted by Crippen LogP contribution is 2.19. The molecule has 0 amide bonds. The SMILES string of the molecule is Cc1ccc(S(=O)(=O)Oc2ccc(/C=[N+](/[O-])c3ccc(F)cc3)cc2)cc1. The summed E-state index contributed by atoms with van der Waals surface area (Å²) in [5.41, 5.74) is 1.75. The predicted octanol–water partition coefficient (Wildman–Crippen LogP) is 4.16. The zero-order valence-electron chi connectivity index (χ0n) is 14.4. The van der Waals surface area contributed by atoms with Crippen molar-refractivity contribution in [1.29, 1.82) is 0 Å². The van der Waals surface area contributed by atoms with Gasteiger partial charge in [0.1, 0.15) is 16.5 Å². The van der Waals surface area contributed by atoms with Crippen LogP contribution in [0, 0.1) is 17.9 Å². The Hall–Kier alpha value is -3.19. The lowest BCUT2D eigenvalue weighted by molar-refractivity contribution is -0.354. The molecule has 3 aromatic carbocycles. The van der Waals surface area contributed by atoms with E-state index in [-0.39, 0.29) is 16.3 Å². The molecule has 0 spiro atoms. The molecule has 0 unspecified atom stereocenters. The van der Waals surface area contributed by atoms with E-state index in [9.17, 15) is 18.0 Å². The molecule has 7 heteroatoms. The monoisotopic (exact) mass is 385 g/mol. The second-order valence-corrected chi connectivity index (χ2v) is 7.40. The molecule has 138 valence electrons. The molecule has 0 radical (unpaired) electrons. The van der Waals surface area contributed by atoms with Crippen molar-refractivity contribution in [3.8, 4) is 5.75 Å². The van der Waals surface area contributed by atoms with Crippen LogP contribution in [0.1, 0.15) is 11.1 Å². The van der Waals surface area contributed by atoms with E-state index in [2.05, 4.69) is 0 Å². The number of hydrogen-bond donors (Lipinski definition) is 0. The van der Waals surface area contributed by atoms with Crippen LogP contribution in [0.15, 0.2) is 77.7 Å². The first kappa shape index (κ1) is 18.6. The van der Waals surface area contributed by atoms with Crippen LogP contribution in [0.4, 0.5) is 10.1 Å². The minimum atomic E-state index is -3.93. The molecule has 3 aromatic rings. The largest absolute Gasteiger partial charge is 0.618 e. The van der Waals surface area contributed by atoms with E-state index < -0.39 is 15.9 Å². The van der Waals surface area contributed by atoms with Crippen LogP contribution in [-0.4, -0.2) is 19.4 Å². The lowest BCUT2D eigenvalue weighted by Gasteiger charge is -2.07. The van der Waals surface area contributed by atoms with Gasteiger partial charge in [-0.25, -0.2) is 4.39 Å². The van der Waals surface area contributed by atoms with Crippen molar-refractivity contribution in [1.82, 2.24) is 0 Å². The Morgan fingerprint density at radius 3 is 2.11 bits per heavy atom. The quantitative estimate of drug-likeness (QED) is 0.217. The van der Waals surface area contributed by atoms with Crippen LogP contribution in [-0.2, 0) is 10.1 Å². The Morgan fingerprint density at radius 1 is 0.926 bits per heavy atom. The van der Waals surface area contributed by atoms with E-state index in [1.807, 2.05) is 6.92 Å². The van der Waals surface area contributed by atoms with Crippen molar-refractivity contribution >= 4 is 22.0 Å². The number of benzene rings is 3. The van der Waals surface area contributed by atoms with E-state index in [0.717, 1.165) is 5.56 Å². The van der Waals surface area contributed by atoms with E-state index in [0.29, 0.717) is 10.3 Å². The van der Waals surface area contributed by atoms with Gasteiger partial charge in [-0.15, -0.1) is 0 Å². The van der Waals surface area contributed by atoms with Gasteiger partial charge in [0.15, 0.2) is 6.21 Å². The summed E-state index contributed by atoms with van der Waals surface area (Å²) in [6.45, 7) is 1.86. The molecule has 3 rings (SSSR count). The Bertz CT molecular complexity index is 1060. The Kier molecular flexibility index (Phi) is 5.23. The molecule has 0 heterocycles. The molecule has 0 aliphatic heterocycles. The number of halogens is 1. The van der Waals surface area contributed by atoms with Crippen LogP contribution in [0.25, 0.3) is 0 Å². The maximum atomic E-state index is 12.9. The van der Waals surface area contributed by atoms with Crippen molar-refractivity contribution in [3.05, 3.63) is 94.9 Å². The first-order valence-corrected chi connectivity index (χ1v) is 9.42. The topological polar surface area (TPSA) is 69.4 Å². The van der Waals surface area contributed by atoms with Gasteiger partial charge in [-0.1, -0.05) is 17.7 Å². The summed E-state index contributed by atoms with van der Waals surface area (Å²) in [6.07, 6.45) is 1.30. The molecule has 0 aliphatic rings. The smallest absolute Gasteiger partial charge is 0.339 e. The number of nitrogens with zero attached hydrogens (tertiary/aromatic N) is 1. The van der Waals surface area contributed by atoms with Gasteiger partial charge >= 0.3 is 10.1 Å². The molecule has 0 atom stereocenters. The first-order valence-electron chi connectivity index (χ1n) is 8.01. The molecule has 5 nitrogen and oxygen atoms in total. The van der Waals surface area contributed by atoms with Gasteiger partial charge in [0.25, 0.3) is 0 Å². The van der Waals surface area contributed by atoms with Gasteiger partial charge in [-0.3, -0.25) is 0 Å². The summed E-state index contributed by atoms with van der Waals surface area (Å²) in [7, 11) is -3.93. The zero-order valence-corrected chi connectivity index (χ0v) is 15.2. The minimum Gasteiger partial charge on any atom is -0.618 e. The van der Waals surface area contributed by atoms with Crippen molar-refractivity contribution in [2.45, 2.75) is 11.8 Å². The maximum Gasteiger partial charge on any atom is 0.339 e. The second kappa shape index (κ2) is 7.59. The number of aryl methyl sites for hydroxylation is 1. The van der Waals surface area contributed by atoms with Crippen LogP contribution >= 0.6 is 0 Å². The normalized spacial score (nSPS) is 12.0. The highest BCUT2D eigenvalue weighted by Gasteiger charge is 2.16. The fraction of sp³-hybridized carbons (Fsp3) is 0.0500.